The van der Waals surface area contributed by atoms with E-state index in [1.807, 2.05) is 0 Å². The molecule has 10 nitrogen and oxygen atoms in total. The normalized spacial score (nSPS) is 30.4. The van der Waals surface area contributed by atoms with Gasteiger partial charge in [-0.25, -0.2) is 4.79 Å². The number of hydrogen-bond donors (Lipinski definition) is 4. The van der Waals surface area contributed by atoms with Crippen LogP contribution in [0.1, 0.15) is 27.0 Å². The average Bonchev–Trinajstić information content (AvgIpc) is 2.77. The largest absolute Gasteiger partial charge is 0.455 e. The van der Waals surface area contributed by atoms with Gasteiger partial charge in [-0.3, -0.25) is 9.36 Å². The molecule has 1 unspecified atom stereocenters. The fourth-order valence-electron chi connectivity index (χ4n) is 2.65. The SMILES string of the molecule is CC(C)C(N)C(=O)O[C@H]1[C@H](CO)O[C@H](n2ccc(N)nc2=O)[14C@@]1(C)O. The molecule has 1 aliphatic rings. The highest BCUT2D eigenvalue weighted by molar-refractivity contribution is 5.76. The fourth-order valence-corrected chi connectivity index (χ4v) is 2.65. The summed E-state index contributed by atoms with van der Waals surface area (Å²) in [4.78, 5) is 27.8. The molecule has 0 amide bonds. The van der Waals surface area contributed by atoms with E-state index in [1.165, 1.54) is 19.2 Å². The van der Waals surface area contributed by atoms with E-state index in [4.69, 9.17) is 20.9 Å². The Labute approximate surface area is 144 Å². The molecular weight excluding hydrogens is 334 g/mol. The summed E-state index contributed by atoms with van der Waals surface area (Å²) in [5.74, 6) is -0.888. The molecule has 1 aromatic heterocycles. The van der Waals surface area contributed by atoms with Gasteiger partial charge in [-0.1, -0.05) is 13.8 Å². The van der Waals surface area contributed by atoms with Gasteiger partial charge in [-0.2, -0.15) is 4.98 Å². The number of hydrogen-bond acceptors (Lipinski definition) is 9. The van der Waals surface area contributed by atoms with Crippen molar-refractivity contribution < 1.29 is 24.5 Å². The van der Waals surface area contributed by atoms with Crippen LogP contribution >= 0.6 is 0 Å². The van der Waals surface area contributed by atoms with Crippen LogP contribution in [-0.2, 0) is 14.3 Å². The molecule has 2 heterocycles. The van der Waals surface area contributed by atoms with Crippen LogP contribution in [0.4, 0.5) is 5.82 Å². The summed E-state index contributed by atoms with van der Waals surface area (Å²) in [5.41, 5.74) is 8.67. The lowest BCUT2D eigenvalue weighted by Crippen LogP contribution is -2.51. The molecular formula is C15H24N4O6. The van der Waals surface area contributed by atoms with E-state index in [1.54, 1.807) is 13.8 Å². The molecule has 140 valence electrons. The second-order valence-corrected chi connectivity index (χ2v) is 6.60. The first-order valence-corrected chi connectivity index (χ1v) is 7.89. The third-order valence-electron chi connectivity index (χ3n) is 4.23. The van der Waals surface area contributed by atoms with Crippen LogP contribution < -0.4 is 17.2 Å². The van der Waals surface area contributed by atoms with Gasteiger partial charge in [0.2, 0.25) is 0 Å². The van der Waals surface area contributed by atoms with Gasteiger partial charge in [0.15, 0.2) is 12.3 Å². The fraction of sp³-hybridized carbons (Fsp3) is 0.667. The second kappa shape index (κ2) is 7.08. The van der Waals surface area contributed by atoms with E-state index in [2.05, 4.69) is 4.98 Å². The monoisotopic (exact) mass is 358 g/mol. The number of nitrogen functional groups attached to an aromatic ring is 1. The molecule has 0 bridgehead atoms. The van der Waals surface area contributed by atoms with Gasteiger partial charge in [0.25, 0.3) is 0 Å². The first-order chi connectivity index (χ1) is 11.6. The number of rotatable bonds is 5. The lowest BCUT2D eigenvalue weighted by Gasteiger charge is -2.30. The molecule has 1 aliphatic heterocycles. The molecule has 25 heavy (non-hydrogen) atoms. The maximum absolute atomic E-state index is 12.2. The third-order valence-corrected chi connectivity index (χ3v) is 4.23. The van der Waals surface area contributed by atoms with E-state index in [-0.39, 0.29) is 11.7 Å². The van der Waals surface area contributed by atoms with Crippen molar-refractivity contribution in [3.63, 3.8) is 0 Å². The highest BCUT2D eigenvalue weighted by Crippen LogP contribution is 2.39. The second-order valence-electron chi connectivity index (χ2n) is 6.60. The first kappa shape index (κ1) is 19.3. The predicted octanol–water partition coefficient (Wildman–Crippen LogP) is -1.64. The van der Waals surface area contributed by atoms with Crippen molar-refractivity contribution in [1.29, 1.82) is 0 Å². The van der Waals surface area contributed by atoms with Crippen molar-refractivity contribution in [3.8, 4) is 0 Å². The molecule has 1 aromatic rings. The summed E-state index contributed by atoms with van der Waals surface area (Å²) in [5, 5.41) is 20.4. The molecule has 0 radical (unpaired) electrons. The number of nitrogens with two attached hydrogens (primary N) is 2. The predicted molar refractivity (Wildman–Crippen MR) is 87.2 cm³/mol. The van der Waals surface area contributed by atoms with Crippen LogP contribution in [0, 0.1) is 5.92 Å². The lowest BCUT2D eigenvalue weighted by molar-refractivity contribution is -0.166. The number of esters is 1. The molecule has 0 aliphatic carbocycles. The molecule has 2 rings (SSSR count). The molecule has 0 aromatic carbocycles. The third kappa shape index (κ3) is 3.66. The molecule has 6 N–H and O–H groups in total. The molecule has 0 spiro atoms. The Hall–Kier alpha value is -2.01. The highest BCUT2D eigenvalue weighted by Gasteiger charge is 2.56. The van der Waals surface area contributed by atoms with Crippen LogP contribution in [0.15, 0.2) is 17.1 Å². The summed E-state index contributed by atoms with van der Waals surface area (Å²) < 4.78 is 11.9. The Morgan fingerprint density at radius 3 is 2.72 bits per heavy atom. The van der Waals surface area contributed by atoms with E-state index < -0.39 is 48.3 Å². The van der Waals surface area contributed by atoms with E-state index in [0.717, 1.165) is 4.57 Å². The number of aliphatic hydroxyl groups excluding tert-OH is 1. The number of aromatic nitrogens is 2. The van der Waals surface area contributed by atoms with Gasteiger partial charge in [0, 0.05) is 6.20 Å². The van der Waals surface area contributed by atoms with Crippen molar-refractivity contribution in [3.05, 3.63) is 22.7 Å². The highest BCUT2D eigenvalue weighted by atomic mass is 16.7. The molecule has 1 saturated heterocycles. The van der Waals surface area contributed by atoms with Crippen LogP contribution in [0.2, 0.25) is 0 Å². The number of ether oxygens (including phenoxy) is 2. The van der Waals surface area contributed by atoms with Crippen LogP contribution in [0.3, 0.4) is 0 Å². The Morgan fingerprint density at radius 2 is 2.20 bits per heavy atom. The smallest absolute Gasteiger partial charge is 0.351 e. The van der Waals surface area contributed by atoms with Crippen molar-refractivity contribution in [2.45, 2.75) is 50.8 Å². The first-order valence-electron chi connectivity index (χ1n) is 7.89. The maximum atomic E-state index is 12.2. The van der Waals surface area contributed by atoms with E-state index in [0.29, 0.717) is 0 Å². The minimum absolute atomic E-state index is 0.0171. The number of carbonyl (C=O) groups excluding carboxylic acids is 1. The van der Waals surface area contributed by atoms with Crippen molar-refractivity contribution >= 4 is 11.8 Å². The number of carbonyl (C=O) groups is 1. The van der Waals surface area contributed by atoms with Gasteiger partial charge in [0.05, 0.1) is 6.61 Å². The molecule has 5 atom stereocenters. The Morgan fingerprint density at radius 1 is 1.56 bits per heavy atom. The summed E-state index contributed by atoms with van der Waals surface area (Å²) in [6.45, 7) is 4.32. The topological polar surface area (TPSA) is 163 Å². The minimum Gasteiger partial charge on any atom is -0.455 e. The number of nitrogens with zero attached hydrogens (tertiary/aromatic N) is 2. The quantitative estimate of drug-likeness (QED) is 0.452. The maximum Gasteiger partial charge on any atom is 0.351 e. The standard InChI is InChI=1S/C15H24N4O6/c1-7(2)10(17)12(21)25-11-8(6-20)24-13(15(11,3)23)19-5-4-9(16)18-14(19)22/h4-5,7-8,10-11,13,20,23H,6,17H2,1-3H3,(H2,16,18,22)/t8-,10?,11-,13-,15-/m0/s1/i15+2. The van der Waals surface area contributed by atoms with Crippen molar-refractivity contribution in [1.82, 2.24) is 9.55 Å². The van der Waals surface area contributed by atoms with E-state index >= 15 is 0 Å². The summed E-state index contributed by atoms with van der Waals surface area (Å²) in [6.07, 6.45) is -2.17. The van der Waals surface area contributed by atoms with Crippen LogP contribution in [-0.4, -0.2) is 56.2 Å². The van der Waals surface area contributed by atoms with Crippen LogP contribution in [0.5, 0.6) is 0 Å². The summed E-state index contributed by atoms with van der Waals surface area (Å²) in [7, 11) is 0. The lowest BCUT2D eigenvalue weighted by atomic mass is 10.1. The zero-order chi connectivity index (χ0) is 18.9. The zero-order valence-corrected chi connectivity index (χ0v) is 14.3. The molecule has 0 saturated carbocycles. The number of anilines is 1. The van der Waals surface area contributed by atoms with Gasteiger partial charge in [-0.15, -0.1) is 0 Å². The minimum atomic E-state index is -1.80. The van der Waals surface area contributed by atoms with Gasteiger partial charge in [0.1, 0.15) is 23.6 Å². The zero-order valence-electron chi connectivity index (χ0n) is 14.3. The molecule has 10 heteroatoms. The van der Waals surface area contributed by atoms with Gasteiger partial charge in [-0.05, 0) is 18.9 Å². The summed E-state index contributed by atoms with van der Waals surface area (Å²) in [6, 6.07) is 0.470. The Balaban J connectivity index is 2.32. The van der Waals surface area contributed by atoms with Crippen molar-refractivity contribution in [2.75, 3.05) is 12.3 Å². The number of aliphatic hydroxyl groups is 2. The molecule has 1 fully saturated rings. The summed E-state index contributed by atoms with van der Waals surface area (Å²) >= 11 is 0. The average molecular weight is 358 g/mol. The van der Waals surface area contributed by atoms with Gasteiger partial charge >= 0.3 is 11.7 Å². The Bertz CT molecular complexity index is 689. The van der Waals surface area contributed by atoms with Gasteiger partial charge < -0.3 is 31.2 Å². The Kier molecular flexibility index (Phi) is 5.47. The van der Waals surface area contributed by atoms with Crippen molar-refractivity contribution in [2.24, 2.45) is 11.7 Å². The van der Waals surface area contributed by atoms with Crippen LogP contribution in [0.25, 0.3) is 0 Å². The van der Waals surface area contributed by atoms with E-state index in [9.17, 15) is 19.8 Å².